The van der Waals surface area contributed by atoms with E-state index < -0.39 is 0 Å². The van der Waals surface area contributed by atoms with Gasteiger partial charge in [0.25, 0.3) is 0 Å². The van der Waals surface area contributed by atoms with Gasteiger partial charge in [-0.2, -0.15) is 0 Å². The average molecular weight is 751 g/mol. The molecule has 60 heavy (non-hydrogen) atoms. The Morgan fingerprint density at radius 2 is 0.700 bits per heavy atom. The zero-order chi connectivity index (χ0) is 40.6. The lowest BCUT2D eigenvalue weighted by atomic mass is 9.59. The first-order chi connectivity index (χ1) is 29.3. The van der Waals surface area contributed by atoms with E-state index in [1.165, 1.54) is 32.3 Å². The van der Waals surface area contributed by atoms with Crippen molar-refractivity contribution in [2.75, 3.05) is 0 Å². The Balaban J connectivity index is 0.992. The maximum atomic E-state index is 6.49. The SMILES string of the molecule is [B]c1c([B])c([B])c(-c2ccc(-c3nc(-c4ccccc4)nc(-c4ccc5c(c4)oc4ccc(-c6ccc7c8ccccc8c8ccccc8c7c6)cc45)n3)cc2)c([B])c1[B]. The normalized spacial score (nSPS) is 11.7. The van der Waals surface area contributed by atoms with Crippen molar-refractivity contribution < 1.29 is 4.42 Å². The summed E-state index contributed by atoms with van der Waals surface area (Å²) in [6, 6.07) is 54.0. The summed E-state index contributed by atoms with van der Waals surface area (Å²) in [6.45, 7) is 0. The van der Waals surface area contributed by atoms with Crippen LogP contribution in [-0.4, -0.2) is 54.2 Å². The number of hydrogen-bond donors (Lipinski definition) is 0. The Bertz CT molecular complexity index is 3490. The van der Waals surface area contributed by atoms with E-state index >= 15 is 0 Å². The molecule has 0 aliphatic heterocycles. The molecule has 0 spiro atoms. The smallest absolute Gasteiger partial charge is 0.164 e. The van der Waals surface area contributed by atoms with Gasteiger partial charge in [0.05, 0.1) is 0 Å². The Kier molecular flexibility index (Phi) is 8.42. The fraction of sp³-hybridized carbons (Fsp3) is 0. The number of benzene rings is 9. The Morgan fingerprint density at radius 3 is 1.32 bits per heavy atom. The molecule has 0 bridgehead atoms. The number of rotatable bonds is 5. The number of furan rings is 1. The third-order valence-corrected chi connectivity index (χ3v) is 11.6. The largest absolute Gasteiger partial charge is 0.456 e. The van der Waals surface area contributed by atoms with Gasteiger partial charge in [-0.25, -0.2) is 15.0 Å². The number of aromatic nitrogens is 3. The van der Waals surface area contributed by atoms with Crippen LogP contribution in [0.4, 0.5) is 0 Å². The zero-order valence-electron chi connectivity index (χ0n) is 32.1. The zero-order valence-corrected chi connectivity index (χ0v) is 32.1. The third-order valence-electron chi connectivity index (χ3n) is 11.6. The lowest BCUT2D eigenvalue weighted by Gasteiger charge is -2.21. The van der Waals surface area contributed by atoms with Crippen molar-refractivity contribution in [3.63, 3.8) is 0 Å². The monoisotopic (exact) mass is 751 g/mol. The van der Waals surface area contributed by atoms with E-state index in [9.17, 15) is 0 Å². The summed E-state index contributed by atoms with van der Waals surface area (Å²) in [5.41, 5.74) is 8.58. The van der Waals surface area contributed by atoms with E-state index in [-0.39, 0.29) is 27.3 Å². The molecule has 0 N–H and O–H groups in total. The maximum Gasteiger partial charge on any atom is 0.164 e. The summed E-state index contributed by atoms with van der Waals surface area (Å²) < 4.78 is 6.49. The Hall–Kier alpha value is -7.11. The van der Waals surface area contributed by atoms with Crippen LogP contribution in [0, 0.1) is 0 Å². The van der Waals surface area contributed by atoms with Crippen molar-refractivity contribution in [3.05, 3.63) is 158 Å². The highest BCUT2D eigenvalue weighted by Gasteiger charge is 2.17. The predicted octanol–water partition coefficient (Wildman–Crippen LogP) is 7.53. The molecule has 0 atom stereocenters. The molecule has 9 aromatic carbocycles. The van der Waals surface area contributed by atoms with Gasteiger partial charge in [0.2, 0.25) is 0 Å². The highest BCUT2D eigenvalue weighted by atomic mass is 16.3. The van der Waals surface area contributed by atoms with E-state index in [0.717, 1.165) is 55.3 Å². The fourth-order valence-electron chi connectivity index (χ4n) is 8.48. The van der Waals surface area contributed by atoms with Crippen LogP contribution in [0.15, 0.2) is 162 Å². The van der Waals surface area contributed by atoms with Crippen molar-refractivity contribution >= 4 is 121 Å². The van der Waals surface area contributed by atoms with Crippen LogP contribution in [0.25, 0.3) is 111 Å². The molecule has 0 saturated carbocycles. The second-order valence-electron chi connectivity index (χ2n) is 15.1. The van der Waals surface area contributed by atoms with Crippen LogP contribution in [0.1, 0.15) is 0 Å². The minimum Gasteiger partial charge on any atom is -0.456 e. The van der Waals surface area contributed by atoms with Crippen LogP contribution in [0.2, 0.25) is 0 Å². The molecular weight excluding hydrogens is 725 g/mol. The van der Waals surface area contributed by atoms with Crippen molar-refractivity contribution in [1.82, 2.24) is 15.0 Å². The first-order valence-electron chi connectivity index (χ1n) is 19.5. The molecule has 9 heteroatoms. The van der Waals surface area contributed by atoms with Gasteiger partial charge in [-0.05, 0) is 84.9 Å². The molecule has 0 amide bonds. The summed E-state index contributed by atoms with van der Waals surface area (Å²) in [5, 5.41) is 9.54. The van der Waals surface area contributed by atoms with Crippen molar-refractivity contribution in [2.24, 2.45) is 0 Å². The molecule has 0 aliphatic carbocycles. The van der Waals surface area contributed by atoms with Crippen LogP contribution in [0.3, 0.4) is 0 Å². The van der Waals surface area contributed by atoms with Gasteiger partial charge >= 0.3 is 0 Å². The summed E-state index contributed by atoms with van der Waals surface area (Å²) in [6.07, 6.45) is 0. The summed E-state index contributed by atoms with van der Waals surface area (Å²) in [4.78, 5) is 14.9. The molecule has 0 aliphatic rings. The average Bonchev–Trinajstić information content (AvgIpc) is 3.68. The second kappa shape index (κ2) is 14.0. The van der Waals surface area contributed by atoms with Crippen LogP contribution in [-0.2, 0) is 0 Å². The number of nitrogens with zero attached hydrogens (tertiary/aromatic N) is 3. The number of hydrogen-bond acceptors (Lipinski definition) is 4. The summed E-state index contributed by atoms with van der Waals surface area (Å²) >= 11 is 0. The summed E-state index contributed by atoms with van der Waals surface area (Å²) in [5.74, 6) is 1.54. The van der Waals surface area contributed by atoms with E-state index in [4.69, 9.17) is 58.6 Å². The molecule has 0 fully saturated rings. The van der Waals surface area contributed by atoms with E-state index in [1.54, 1.807) is 0 Å². The first-order valence-corrected chi connectivity index (χ1v) is 19.5. The molecule has 11 rings (SSSR count). The molecule has 0 unspecified atom stereocenters. The lowest BCUT2D eigenvalue weighted by Crippen LogP contribution is -2.55. The molecule has 2 heterocycles. The highest BCUT2D eigenvalue weighted by molar-refractivity contribution is 6.68. The second-order valence-corrected chi connectivity index (χ2v) is 15.1. The van der Waals surface area contributed by atoms with E-state index in [1.807, 2.05) is 66.7 Å². The van der Waals surface area contributed by atoms with Crippen LogP contribution in [0.5, 0.6) is 0 Å². The first kappa shape index (κ1) is 36.0. The lowest BCUT2D eigenvalue weighted by molar-refractivity contribution is 0.669. The molecule has 0 saturated heterocycles. The van der Waals surface area contributed by atoms with Crippen molar-refractivity contribution in [1.29, 1.82) is 0 Å². The number of fused-ring (bicyclic) bond motifs is 9. The Morgan fingerprint density at radius 1 is 0.283 bits per heavy atom. The van der Waals surface area contributed by atoms with Gasteiger partial charge in [0.15, 0.2) is 17.5 Å². The van der Waals surface area contributed by atoms with Gasteiger partial charge in [0, 0.05) is 27.5 Å². The molecule has 4 nitrogen and oxygen atoms in total. The van der Waals surface area contributed by atoms with Crippen LogP contribution >= 0.6 is 0 Å². The van der Waals surface area contributed by atoms with Crippen LogP contribution < -0.4 is 27.3 Å². The van der Waals surface area contributed by atoms with Crippen molar-refractivity contribution in [3.8, 4) is 56.4 Å². The van der Waals surface area contributed by atoms with Gasteiger partial charge in [0.1, 0.15) is 50.4 Å². The standard InChI is InChI=1S/C51H26B5N3O/c52-44-43(45(53)47(55)48(56)46(44)54)27-14-16-29(17-15-27)50-57-49(28-8-2-1-3-9-28)58-51(59-50)32-19-22-38-40-25-31(20-23-41(40)60-42(38)26-32)30-18-21-37-35-12-5-4-10-33(35)34-11-6-7-13-36(34)39(37)24-30/h1-26H. The minimum atomic E-state index is 0.172. The third kappa shape index (κ3) is 5.79. The van der Waals surface area contributed by atoms with Gasteiger partial charge in [-0.1, -0.05) is 138 Å². The van der Waals surface area contributed by atoms with E-state index in [2.05, 4.69) is 91.0 Å². The quantitative estimate of drug-likeness (QED) is 0.135. The molecule has 266 valence electrons. The molecule has 10 radical (unpaired) electrons. The fourth-order valence-corrected chi connectivity index (χ4v) is 8.48. The van der Waals surface area contributed by atoms with Crippen molar-refractivity contribution in [2.45, 2.75) is 0 Å². The Labute approximate surface area is 352 Å². The van der Waals surface area contributed by atoms with Gasteiger partial charge in [-0.15, -0.1) is 16.4 Å². The topological polar surface area (TPSA) is 51.8 Å². The van der Waals surface area contributed by atoms with Gasteiger partial charge < -0.3 is 4.42 Å². The predicted molar refractivity (Wildman–Crippen MR) is 254 cm³/mol. The molecule has 2 aromatic heterocycles. The molecule has 11 aromatic rings. The summed E-state index contributed by atoms with van der Waals surface area (Å²) in [7, 11) is 31.1. The maximum absolute atomic E-state index is 6.49. The van der Waals surface area contributed by atoms with E-state index in [0.29, 0.717) is 23.0 Å². The molecular formula is C51H26B5N3O. The highest BCUT2D eigenvalue weighted by Crippen LogP contribution is 2.39. The van der Waals surface area contributed by atoms with Gasteiger partial charge in [-0.3, -0.25) is 0 Å². The minimum absolute atomic E-state index is 0.172.